The molecule has 0 heterocycles. The summed E-state index contributed by atoms with van der Waals surface area (Å²) in [6, 6.07) is 0. The molecule has 0 bridgehead atoms. The minimum absolute atomic E-state index is 0.0786. The molecule has 0 fully saturated rings. The number of ether oxygens (including phenoxy) is 2. The van der Waals surface area contributed by atoms with Crippen molar-refractivity contribution in [2.75, 3.05) is 47.0 Å². The molecule has 252 valence electrons. The predicted molar refractivity (Wildman–Crippen MR) is 181 cm³/mol. The van der Waals surface area contributed by atoms with Crippen LogP contribution in [0.15, 0.2) is 0 Å². The summed E-state index contributed by atoms with van der Waals surface area (Å²) < 4.78 is 13.2. The van der Waals surface area contributed by atoms with Crippen molar-refractivity contribution >= 4 is 5.97 Å². The van der Waals surface area contributed by atoms with Crippen LogP contribution in [0.2, 0.25) is 0 Å². The average Bonchev–Trinajstić information content (AvgIpc) is 2.95. The number of hydrogen-bond donors (Lipinski definition) is 1. The van der Waals surface area contributed by atoms with Gasteiger partial charge in [-0.05, 0) is 12.8 Å². The first-order valence-corrected chi connectivity index (χ1v) is 18.6. The van der Waals surface area contributed by atoms with E-state index in [-0.39, 0.29) is 12.5 Å². The van der Waals surface area contributed by atoms with Crippen molar-refractivity contribution in [2.24, 2.45) is 0 Å². The van der Waals surface area contributed by atoms with Crippen LogP contribution in [0.25, 0.3) is 0 Å². The Hall–Kier alpha value is -0.650. The van der Waals surface area contributed by atoms with Crippen molar-refractivity contribution in [3.8, 4) is 0 Å². The topological polar surface area (TPSA) is 55.8 Å². The molecule has 0 aliphatic heterocycles. The standard InChI is InChI=1S/C37H75NO4/c1-5-7-9-11-13-15-17-19-21-23-25-27-32-41-35-36(34-38(3,4)31-29-30-37(39)40)42-33-28-26-24-22-20-18-16-14-12-10-8-6-2/h36H,5-35H2,1-4H3/p+1. The van der Waals surface area contributed by atoms with Gasteiger partial charge in [-0.1, -0.05) is 155 Å². The summed E-state index contributed by atoms with van der Waals surface area (Å²) in [5.41, 5.74) is 0. The number of quaternary nitrogens is 1. The predicted octanol–water partition coefficient (Wildman–Crippen LogP) is 10.7. The number of unbranched alkanes of at least 4 members (excludes halogenated alkanes) is 22. The van der Waals surface area contributed by atoms with Crippen molar-refractivity contribution in [3.63, 3.8) is 0 Å². The second-order valence-electron chi connectivity index (χ2n) is 13.7. The number of hydrogen-bond acceptors (Lipinski definition) is 3. The summed E-state index contributed by atoms with van der Waals surface area (Å²) in [5.74, 6) is -0.708. The van der Waals surface area contributed by atoms with Gasteiger partial charge in [0.1, 0.15) is 12.6 Å². The number of carboxylic acids is 1. The van der Waals surface area contributed by atoms with E-state index in [4.69, 9.17) is 14.6 Å². The Morgan fingerprint density at radius 1 is 0.571 bits per heavy atom. The smallest absolute Gasteiger partial charge is 0.303 e. The Morgan fingerprint density at radius 2 is 0.952 bits per heavy atom. The first kappa shape index (κ1) is 41.4. The second-order valence-corrected chi connectivity index (χ2v) is 13.7. The molecule has 0 aromatic rings. The fourth-order valence-corrected chi connectivity index (χ4v) is 5.91. The molecule has 0 aliphatic carbocycles. The molecule has 0 radical (unpaired) electrons. The van der Waals surface area contributed by atoms with Gasteiger partial charge in [-0.25, -0.2) is 0 Å². The molecule has 1 unspecified atom stereocenters. The lowest BCUT2D eigenvalue weighted by Crippen LogP contribution is -2.48. The maximum absolute atomic E-state index is 11.0. The van der Waals surface area contributed by atoms with Gasteiger partial charge in [-0.15, -0.1) is 0 Å². The van der Waals surface area contributed by atoms with Gasteiger partial charge >= 0.3 is 5.97 Å². The van der Waals surface area contributed by atoms with Crippen LogP contribution < -0.4 is 0 Å². The van der Waals surface area contributed by atoms with Crippen LogP contribution in [0.5, 0.6) is 0 Å². The number of rotatable bonds is 35. The third-order valence-electron chi connectivity index (χ3n) is 8.65. The molecule has 1 N–H and O–H groups in total. The van der Waals surface area contributed by atoms with Gasteiger partial charge in [-0.2, -0.15) is 0 Å². The van der Waals surface area contributed by atoms with Gasteiger partial charge in [0, 0.05) is 19.6 Å². The molecule has 0 saturated carbocycles. The van der Waals surface area contributed by atoms with Crippen LogP contribution in [-0.2, 0) is 14.3 Å². The van der Waals surface area contributed by atoms with E-state index in [0.29, 0.717) is 13.0 Å². The van der Waals surface area contributed by atoms with Crippen molar-refractivity contribution in [1.29, 1.82) is 0 Å². The lowest BCUT2D eigenvalue weighted by molar-refractivity contribution is -0.893. The molecule has 0 amide bonds. The average molecular weight is 599 g/mol. The van der Waals surface area contributed by atoms with E-state index in [2.05, 4.69) is 27.9 Å². The van der Waals surface area contributed by atoms with E-state index in [1.54, 1.807) is 0 Å². The normalized spacial score (nSPS) is 12.7. The molecule has 5 heteroatoms. The summed E-state index contributed by atoms with van der Waals surface area (Å²) in [6.45, 7) is 8.56. The van der Waals surface area contributed by atoms with Crippen LogP contribution >= 0.6 is 0 Å². The number of nitrogens with zero attached hydrogens (tertiary/aromatic N) is 1. The molecule has 0 spiro atoms. The van der Waals surface area contributed by atoms with Gasteiger partial charge in [0.05, 0.1) is 33.7 Å². The zero-order valence-corrected chi connectivity index (χ0v) is 29.1. The molecule has 0 aliphatic rings. The van der Waals surface area contributed by atoms with Crippen LogP contribution in [0, 0.1) is 0 Å². The van der Waals surface area contributed by atoms with Gasteiger partial charge in [0.25, 0.3) is 0 Å². The minimum Gasteiger partial charge on any atom is -0.481 e. The quantitative estimate of drug-likeness (QED) is 0.0582. The summed E-state index contributed by atoms with van der Waals surface area (Å²) in [7, 11) is 4.38. The molecule has 5 nitrogen and oxygen atoms in total. The van der Waals surface area contributed by atoms with E-state index in [1.807, 2.05) is 0 Å². The lowest BCUT2D eigenvalue weighted by atomic mass is 10.1. The van der Waals surface area contributed by atoms with Crippen LogP contribution in [-0.4, -0.2) is 68.7 Å². The summed E-state index contributed by atoms with van der Waals surface area (Å²) >= 11 is 0. The molecule has 1 atom stereocenters. The Morgan fingerprint density at radius 3 is 1.36 bits per heavy atom. The van der Waals surface area contributed by atoms with Crippen molar-refractivity contribution in [3.05, 3.63) is 0 Å². The number of likely N-dealkylation sites (N-methyl/N-ethyl adjacent to an activating group) is 1. The summed E-state index contributed by atoms with van der Waals surface area (Å²) in [5, 5.41) is 9.02. The van der Waals surface area contributed by atoms with E-state index < -0.39 is 5.97 Å². The van der Waals surface area contributed by atoms with Crippen molar-refractivity contribution in [1.82, 2.24) is 0 Å². The second kappa shape index (κ2) is 31.8. The molecule has 0 rings (SSSR count). The van der Waals surface area contributed by atoms with E-state index in [1.165, 1.54) is 141 Å². The molecular formula is C37H76NO4+. The fourth-order valence-electron chi connectivity index (χ4n) is 5.91. The van der Waals surface area contributed by atoms with E-state index in [9.17, 15) is 4.79 Å². The minimum atomic E-state index is -0.708. The van der Waals surface area contributed by atoms with Crippen molar-refractivity contribution < 1.29 is 23.9 Å². The maximum atomic E-state index is 11.0. The van der Waals surface area contributed by atoms with E-state index in [0.717, 1.165) is 43.6 Å². The molecular weight excluding hydrogens is 522 g/mol. The molecule has 42 heavy (non-hydrogen) atoms. The highest BCUT2D eigenvalue weighted by Gasteiger charge is 2.23. The van der Waals surface area contributed by atoms with Crippen LogP contribution in [0.4, 0.5) is 0 Å². The Labute approximate surface area is 263 Å². The fraction of sp³-hybridized carbons (Fsp3) is 0.973. The van der Waals surface area contributed by atoms with Gasteiger partial charge in [0.2, 0.25) is 0 Å². The Bertz CT molecular complexity index is 554. The largest absolute Gasteiger partial charge is 0.481 e. The third kappa shape index (κ3) is 32.3. The highest BCUT2D eigenvalue weighted by atomic mass is 16.5. The lowest BCUT2D eigenvalue weighted by Gasteiger charge is -2.33. The highest BCUT2D eigenvalue weighted by molar-refractivity contribution is 5.66. The monoisotopic (exact) mass is 599 g/mol. The SMILES string of the molecule is CCCCCCCCCCCCCCOCC(C[N+](C)(C)CCCC(=O)O)OCCCCCCCCCCCCCC. The maximum Gasteiger partial charge on any atom is 0.303 e. The molecule has 0 aromatic carbocycles. The van der Waals surface area contributed by atoms with E-state index >= 15 is 0 Å². The molecule has 0 aromatic heterocycles. The number of aliphatic carboxylic acids is 1. The number of carbonyl (C=O) groups is 1. The van der Waals surface area contributed by atoms with Crippen LogP contribution in [0.3, 0.4) is 0 Å². The summed E-state index contributed by atoms with van der Waals surface area (Å²) in [6.07, 6.45) is 33.5. The highest BCUT2D eigenvalue weighted by Crippen LogP contribution is 2.14. The zero-order valence-electron chi connectivity index (χ0n) is 29.1. The first-order valence-electron chi connectivity index (χ1n) is 18.6. The zero-order chi connectivity index (χ0) is 31.0. The van der Waals surface area contributed by atoms with Crippen molar-refractivity contribution in [2.45, 2.75) is 187 Å². The van der Waals surface area contributed by atoms with Crippen LogP contribution in [0.1, 0.15) is 181 Å². The summed E-state index contributed by atoms with van der Waals surface area (Å²) in [4.78, 5) is 11.0. The van der Waals surface area contributed by atoms with Gasteiger partial charge in [-0.3, -0.25) is 4.79 Å². The first-order chi connectivity index (χ1) is 20.4. The number of carboxylic acid groups (broad SMARTS) is 1. The van der Waals surface area contributed by atoms with Gasteiger partial charge in [0.15, 0.2) is 0 Å². The Balaban J connectivity index is 4.04. The Kier molecular flexibility index (Phi) is 31.3. The van der Waals surface area contributed by atoms with Gasteiger partial charge < -0.3 is 19.1 Å². The third-order valence-corrected chi connectivity index (χ3v) is 8.65. The molecule has 0 saturated heterocycles.